The van der Waals surface area contributed by atoms with Crippen LogP contribution in [0.2, 0.25) is 0 Å². The third kappa shape index (κ3) is 97.6. The Morgan fingerprint density at radius 2 is 0.431 bits per heavy atom. The second kappa shape index (κ2) is 96.3. The van der Waals surface area contributed by atoms with Crippen LogP contribution >= 0.6 is 15.6 Å². The number of hydrogen-bond acceptors (Lipinski definition) is 14. The molecule has 0 aliphatic rings. The van der Waals surface area contributed by atoms with Gasteiger partial charge in [-0.25, -0.2) is 9.13 Å². The normalized spacial score (nSPS) is 14.4. The minimum absolute atomic E-state index is 0.0883. The first-order valence-corrected chi connectivity index (χ1v) is 52.8. The number of unbranched alkanes of at least 4 members (excludes halogenated alkanes) is 45. The molecule has 0 saturated heterocycles. The summed E-state index contributed by atoms with van der Waals surface area (Å²) >= 11 is 0. The lowest BCUT2D eigenvalue weighted by atomic mass is 10.0. The summed E-state index contributed by atoms with van der Waals surface area (Å²) in [6.07, 6.45) is 124. The summed E-state index contributed by atoms with van der Waals surface area (Å²) in [5, 5.41) is 20.8. The van der Waals surface area contributed by atoms with E-state index in [-0.39, 0.29) is 19.3 Å². The predicted octanol–water partition coefficient (Wildman–Crippen LogP) is 31.2. The Balaban J connectivity index is 4.55. The predicted molar refractivity (Wildman–Crippen MR) is 519 cm³/mol. The van der Waals surface area contributed by atoms with Crippen molar-refractivity contribution in [1.29, 1.82) is 0 Å². The van der Waals surface area contributed by atoms with Crippen molar-refractivity contribution in [1.82, 2.24) is 0 Å². The Hall–Kier alpha value is -4.83. The van der Waals surface area contributed by atoms with Gasteiger partial charge in [0.25, 0.3) is 0 Å². The lowest BCUT2D eigenvalue weighted by molar-refractivity contribution is -0.161. The van der Waals surface area contributed by atoms with Crippen LogP contribution in [-0.4, -0.2) is 95.9 Å². The van der Waals surface area contributed by atoms with E-state index in [2.05, 4.69) is 179 Å². The Bertz CT molecular complexity index is 2870. The van der Waals surface area contributed by atoms with E-state index < -0.39 is 91.5 Å². The molecule has 0 rings (SSSR count). The molecule has 0 fully saturated rings. The average Bonchev–Trinajstić information content (AvgIpc) is 0.909. The summed E-state index contributed by atoms with van der Waals surface area (Å²) in [7, 11) is -9.82. The molecule has 0 aromatic carbocycles. The van der Waals surface area contributed by atoms with Gasteiger partial charge < -0.3 is 34.2 Å². The fourth-order valence-corrected chi connectivity index (χ4v) is 15.3. The molecule has 16 nitrogen and oxygen atoms in total. The second-order valence-electron chi connectivity index (χ2n) is 33.2. The van der Waals surface area contributed by atoms with E-state index in [1.807, 2.05) is 0 Å². The number of phosphoric ester groups is 2. The molecule has 0 aromatic rings. The number of allylic oxidation sites excluding steroid dienone is 26. The van der Waals surface area contributed by atoms with Crippen molar-refractivity contribution in [3.05, 3.63) is 158 Å². The maximum Gasteiger partial charge on any atom is 0.472 e. The van der Waals surface area contributed by atoms with E-state index in [0.29, 0.717) is 19.3 Å². The third-order valence-electron chi connectivity index (χ3n) is 21.2. The van der Waals surface area contributed by atoms with Crippen molar-refractivity contribution in [3.8, 4) is 0 Å². The number of ether oxygens (including phenoxy) is 3. The van der Waals surface area contributed by atoms with E-state index in [0.717, 1.165) is 167 Å². The van der Waals surface area contributed by atoms with Gasteiger partial charge in [-0.15, -0.1) is 0 Å². The molecule has 0 bridgehead atoms. The Labute approximate surface area is 752 Å². The van der Waals surface area contributed by atoms with E-state index in [9.17, 15) is 43.5 Å². The van der Waals surface area contributed by atoms with Crippen LogP contribution in [0.3, 0.4) is 0 Å². The van der Waals surface area contributed by atoms with Crippen molar-refractivity contribution in [3.63, 3.8) is 0 Å². The molecule has 0 aromatic heterocycles. The molecule has 4 N–H and O–H groups in total. The fourth-order valence-electron chi connectivity index (χ4n) is 13.7. The molecular weight excluding hydrogens is 1580 g/mol. The standard InChI is InChI=1S/C105H182O16P2/c1-4-7-10-13-16-19-22-25-28-31-34-37-40-42-44-46-47-48-49-50-51-53-55-56-59-61-64-67-70-73-76-79-82-85-88-91-103(108)115-94-100(106)95-117-122(111,112)118-96-101(107)97-119-123(113,114)120-99-102(121-105(110)93-90-87-84-81-78-75-72-69-66-63-58-39-36-33-30-27-24-21-18-15-12-9-6-3)98-116-104(109)92-89-86-83-80-77-74-71-68-65-62-60-57-54-52-45-43-41-38-35-32-29-26-23-20-17-14-11-8-5-2/h9,12,16-21,25-30,34-39,42-45,63,66,100-102,106-107H,4-8,10-11,13-15,22-24,31-33,40-41,46-62,64-65,67-99H2,1-3H3,(H,111,112)(H,113,114)/b12-9-,19-16-,20-17-,21-18-,28-25-,29-26-,30-27-,37-34-,38-35-,39-36-,44-42-,45-43-,66-63-. The molecule has 0 spiro atoms. The highest BCUT2D eigenvalue weighted by Crippen LogP contribution is 2.45. The lowest BCUT2D eigenvalue weighted by Crippen LogP contribution is -2.30. The maximum atomic E-state index is 13.1. The van der Waals surface area contributed by atoms with Crippen LogP contribution in [0.1, 0.15) is 432 Å². The van der Waals surface area contributed by atoms with Crippen molar-refractivity contribution in [2.75, 3.05) is 39.6 Å². The van der Waals surface area contributed by atoms with Crippen LogP contribution in [0.25, 0.3) is 0 Å². The first-order chi connectivity index (χ1) is 60.2. The largest absolute Gasteiger partial charge is 0.472 e. The minimum Gasteiger partial charge on any atom is -0.463 e. The van der Waals surface area contributed by atoms with Gasteiger partial charge in [-0.05, 0) is 154 Å². The van der Waals surface area contributed by atoms with Gasteiger partial charge in [0.2, 0.25) is 0 Å². The zero-order valence-electron chi connectivity index (χ0n) is 78.3. The van der Waals surface area contributed by atoms with Crippen LogP contribution < -0.4 is 0 Å². The van der Waals surface area contributed by atoms with E-state index >= 15 is 0 Å². The van der Waals surface area contributed by atoms with Crippen molar-refractivity contribution < 1.29 is 75.8 Å². The monoisotopic (exact) mass is 1760 g/mol. The highest BCUT2D eigenvalue weighted by atomic mass is 31.2. The number of esters is 3. The van der Waals surface area contributed by atoms with Gasteiger partial charge in [0.15, 0.2) is 6.10 Å². The van der Waals surface area contributed by atoms with Gasteiger partial charge in [-0.1, -0.05) is 416 Å². The number of rotatable bonds is 94. The van der Waals surface area contributed by atoms with Gasteiger partial charge in [0, 0.05) is 19.3 Å². The number of aliphatic hydroxyl groups excluding tert-OH is 2. The molecule has 0 aliphatic heterocycles. The van der Waals surface area contributed by atoms with Crippen molar-refractivity contribution in [2.45, 2.75) is 450 Å². The molecular formula is C105H182O16P2. The van der Waals surface area contributed by atoms with Gasteiger partial charge in [0.05, 0.1) is 26.4 Å². The van der Waals surface area contributed by atoms with Gasteiger partial charge >= 0.3 is 33.6 Å². The molecule has 0 saturated carbocycles. The smallest absolute Gasteiger partial charge is 0.463 e. The molecule has 5 atom stereocenters. The van der Waals surface area contributed by atoms with Gasteiger partial charge in [-0.3, -0.25) is 32.5 Å². The summed E-state index contributed by atoms with van der Waals surface area (Å²) in [5.74, 6) is -1.57. The SMILES string of the molecule is CC/C=C\C/C=C\C/C=C\C/C=C\C/C=C\CCCCCCCCCC(=O)OC(COC(=O)CCCCCCCCCCCCCCC/C=C\C/C=C\C/C=C\C/C=C\CCCCC)COP(=O)(O)OCC(O)COP(=O)(O)OCC(O)COC(=O)CCCCCCCCCCCCCCCCCCCCC/C=C\C/C=C\C/C=C\C/C=C\CCCCC. The average molecular weight is 1760 g/mol. The molecule has 708 valence electrons. The highest BCUT2D eigenvalue weighted by molar-refractivity contribution is 7.47. The first-order valence-electron chi connectivity index (χ1n) is 49.8. The first kappa shape index (κ1) is 118. The molecule has 123 heavy (non-hydrogen) atoms. The minimum atomic E-state index is -4.95. The summed E-state index contributed by atoms with van der Waals surface area (Å²) in [5.41, 5.74) is 0. The number of carbonyl (C=O) groups excluding carboxylic acids is 3. The quantitative estimate of drug-likeness (QED) is 0.0146. The number of phosphoric acid groups is 2. The van der Waals surface area contributed by atoms with E-state index in [1.165, 1.54) is 205 Å². The van der Waals surface area contributed by atoms with Gasteiger partial charge in [-0.2, -0.15) is 0 Å². The number of hydrogen-bond donors (Lipinski definition) is 4. The van der Waals surface area contributed by atoms with Crippen molar-refractivity contribution >= 4 is 33.6 Å². The summed E-state index contributed by atoms with van der Waals surface area (Å²) in [4.78, 5) is 59.1. The summed E-state index contributed by atoms with van der Waals surface area (Å²) < 4.78 is 61.6. The van der Waals surface area contributed by atoms with Gasteiger partial charge in [0.1, 0.15) is 25.4 Å². The van der Waals surface area contributed by atoms with Crippen LogP contribution in [0.5, 0.6) is 0 Å². The molecule has 0 amide bonds. The Morgan fingerprint density at radius 3 is 0.683 bits per heavy atom. The molecule has 0 radical (unpaired) electrons. The Kier molecular flexibility index (Phi) is 92.5. The summed E-state index contributed by atoms with van der Waals surface area (Å²) in [6.45, 7) is 2.57. The van der Waals surface area contributed by atoms with Crippen LogP contribution in [0, 0.1) is 0 Å². The lowest BCUT2D eigenvalue weighted by Gasteiger charge is -2.21. The summed E-state index contributed by atoms with van der Waals surface area (Å²) in [6, 6.07) is 0. The molecule has 18 heteroatoms. The van der Waals surface area contributed by atoms with E-state index in [4.69, 9.17) is 32.3 Å². The number of carbonyl (C=O) groups is 3. The highest BCUT2D eigenvalue weighted by Gasteiger charge is 2.30. The van der Waals surface area contributed by atoms with Crippen LogP contribution in [-0.2, 0) is 55.8 Å². The zero-order valence-corrected chi connectivity index (χ0v) is 80.1. The fraction of sp³-hybridized carbons (Fsp3) is 0.724. The maximum absolute atomic E-state index is 13.1. The molecule has 0 heterocycles. The van der Waals surface area contributed by atoms with Crippen LogP contribution in [0.15, 0.2) is 158 Å². The molecule has 5 unspecified atom stereocenters. The second-order valence-corrected chi connectivity index (χ2v) is 36.1. The van der Waals surface area contributed by atoms with Crippen LogP contribution in [0.4, 0.5) is 0 Å². The van der Waals surface area contributed by atoms with E-state index in [1.54, 1.807) is 0 Å². The molecule has 0 aliphatic carbocycles. The number of aliphatic hydroxyl groups is 2. The topological polar surface area (TPSA) is 231 Å². The third-order valence-corrected chi connectivity index (χ3v) is 23.1. The zero-order chi connectivity index (χ0) is 89.3. The van der Waals surface area contributed by atoms with Crippen molar-refractivity contribution in [2.24, 2.45) is 0 Å². The Morgan fingerprint density at radius 1 is 0.236 bits per heavy atom.